The zero-order chi connectivity index (χ0) is 17.1. The molecule has 1 heterocycles. The van der Waals surface area contributed by atoms with Gasteiger partial charge in [0.25, 0.3) is 5.91 Å². The lowest BCUT2D eigenvalue weighted by molar-refractivity contribution is 0.0929. The van der Waals surface area contributed by atoms with Crippen LogP contribution in [0.25, 0.3) is 0 Å². The average Bonchev–Trinajstić information content (AvgIpc) is 2.73. The van der Waals surface area contributed by atoms with Crippen molar-refractivity contribution in [2.75, 3.05) is 0 Å². The van der Waals surface area contributed by atoms with E-state index in [2.05, 4.69) is 5.32 Å². The van der Waals surface area contributed by atoms with Crippen LogP contribution in [0.15, 0.2) is 24.3 Å². The number of rotatable bonds is 5. The van der Waals surface area contributed by atoms with Crippen LogP contribution in [0.2, 0.25) is 0 Å². The van der Waals surface area contributed by atoms with Crippen molar-refractivity contribution in [2.24, 2.45) is 0 Å². The molecule has 0 fully saturated rings. The number of benzene rings is 1. The summed E-state index contributed by atoms with van der Waals surface area (Å²) >= 11 is 0. The first kappa shape index (κ1) is 17.3. The van der Waals surface area contributed by atoms with E-state index in [1.165, 1.54) is 6.07 Å². The normalized spacial score (nSPS) is 12.3. The van der Waals surface area contributed by atoms with Crippen LogP contribution in [0.3, 0.4) is 0 Å². The molecule has 1 atom stereocenters. The molecular formula is C19H25FN2O. The van der Waals surface area contributed by atoms with Gasteiger partial charge >= 0.3 is 0 Å². The highest BCUT2D eigenvalue weighted by molar-refractivity contribution is 5.95. The molecule has 1 aromatic heterocycles. The van der Waals surface area contributed by atoms with E-state index >= 15 is 0 Å². The third-order valence-electron chi connectivity index (χ3n) is 4.63. The SMILES string of the molecule is CC[C@H](C)NC(=O)c1c(C)c(C)c(C)n1Cc1ccccc1F. The number of nitrogens with one attached hydrogen (secondary N) is 1. The van der Waals surface area contributed by atoms with E-state index in [9.17, 15) is 9.18 Å². The molecular weight excluding hydrogens is 291 g/mol. The number of carbonyl (C=O) groups is 1. The van der Waals surface area contributed by atoms with Crippen molar-refractivity contribution in [3.05, 3.63) is 58.2 Å². The maximum absolute atomic E-state index is 14.0. The van der Waals surface area contributed by atoms with Crippen LogP contribution in [0.1, 0.15) is 53.1 Å². The van der Waals surface area contributed by atoms with E-state index in [4.69, 9.17) is 0 Å². The fraction of sp³-hybridized carbons (Fsp3) is 0.421. The molecule has 4 heteroatoms. The van der Waals surface area contributed by atoms with Crippen LogP contribution >= 0.6 is 0 Å². The molecule has 0 radical (unpaired) electrons. The summed E-state index contributed by atoms with van der Waals surface area (Å²) in [6.07, 6.45) is 0.872. The molecule has 2 aromatic rings. The zero-order valence-electron chi connectivity index (χ0n) is 14.5. The van der Waals surface area contributed by atoms with Gasteiger partial charge < -0.3 is 9.88 Å². The standard InChI is InChI=1S/C19H25FN2O/c1-6-12(2)21-19(23)18-14(4)13(3)15(5)22(18)11-16-9-7-8-10-17(16)20/h7-10,12H,6,11H2,1-5H3,(H,21,23)/t12-/m0/s1. The second-order valence-electron chi connectivity index (χ2n) is 6.14. The van der Waals surface area contributed by atoms with E-state index in [1.807, 2.05) is 45.3 Å². The van der Waals surface area contributed by atoms with E-state index in [0.29, 0.717) is 17.8 Å². The number of nitrogens with zero attached hydrogens (tertiary/aromatic N) is 1. The Morgan fingerprint density at radius 2 is 1.87 bits per heavy atom. The van der Waals surface area contributed by atoms with E-state index in [0.717, 1.165) is 23.2 Å². The highest BCUT2D eigenvalue weighted by Crippen LogP contribution is 2.23. The number of hydrogen-bond acceptors (Lipinski definition) is 1. The molecule has 0 spiro atoms. The van der Waals surface area contributed by atoms with Crippen molar-refractivity contribution in [3.63, 3.8) is 0 Å². The summed E-state index contributed by atoms with van der Waals surface area (Å²) in [5.41, 5.74) is 4.25. The number of carbonyl (C=O) groups excluding carboxylic acids is 1. The van der Waals surface area contributed by atoms with Crippen molar-refractivity contribution in [1.29, 1.82) is 0 Å². The molecule has 1 N–H and O–H groups in total. The lowest BCUT2D eigenvalue weighted by Crippen LogP contribution is -2.34. The minimum absolute atomic E-state index is 0.0932. The van der Waals surface area contributed by atoms with Gasteiger partial charge in [-0.3, -0.25) is 4.79 Å². The monoisotopic (exact) mass is 316 g/mol. The van der Waals surface area contributed by atoms with Gasteiger partial charge in [0.05, 0.1) is 6.54 Å². The summed E-state index contributed by atoms with van der Waals surface area (Å²) in [5.74, 6) is -0.339. The highest BCUT2D eigenvalue weighted by atomic mass is 19.1. The summed E-state index contributed by atoms with van der Waals surface area (Å²) in [4.78, 5) is 12.7. The lowest BCUT2D eigenvalue weighted by atomic mass is 10.1. The molecule has 3 nitrogen and oxygen atoms in total. The van der Waals surface area contributed by atoms with Gasteiger partial charge in [-0.2, -0.15) is 0 Å². The van der Waals surface area contributed by atoms with Gasteiger partial charge in [0.2, 0.25) is 0 Å². The molecule has 0 aliphatic carbocycles. The molecule has 0 bridgehead atoms. The third kappa shape index (κ3) is 3.46. The first-order valence-electron chi connectivity index (χ1n) is 8.07. The Kier molecular flexibility index (Phi) is 5.24. The van der Waals surface area contributed by atoms with E-state index in [1.54, 1.807) is 12.1 Å². The predicted octanol–water partition coefficient (Wildman–Crippen LogP) is 4.13. The Balaban J connectivity index is 2.45. The largest absolute Gasteiger partial charge is 0.348 e. The Morgan fingerprint density at radius 1 is 1.22 bits per heavy atom. The predicted molar refractivity (Wildman–Crippen MR) is 91.4 cm³/mol. The van der Waals surface area contributed by atoms with Crippen molar-refractivity contribution in [1.82, 2.24) is 9.88 Å². The minimum Gasteiger partial charge on any atom is -0.348 e. The summed E-state index contributed by atoms with van der Waals surface area (Å²) in [6, 6.07) is 6.81. The van der Waals surface area contributed by atoms with Crippen LogP contribution in [0.5, 0.6) is 0 Å². The second-order valence-corrected chi connectivity index (χ2v) is 6.14. The first-order valence-corrected chi connectivity index (χ1v) is 8.07. The molecule has 2 rings (SSSR count). The highest BCUT2D eigenvalue weighted by Gasteiger charge is 2.22. The maximum atomic E-state index is 14.0. The fourth-order valence-corrected chi connectivity index (χ4v) is 2.70. The summed E-state index contributed by atoms with van der Waals surface area (Å²) in [7, 11) is 0. The Labute approximate surface area is 137 Å². The Bertz CT molecular complexity index is 718. The van der Waals surface area contributed by atoms with Crippen LogP contribution in [0.4, 0.5) is 4.39 Å². The molecule has 0 unspecified atom stereocenters. The topological polar surface area (TPSA) is 34.0 Å². The van der Waals surface area contributed by atoms with Gasteiger partial charge in [-0.15, -0.1) is 0 Å². The number of halogens is 1. The summed E-state index contributed by atoms with van der Waals surface area (Å²) in [5, 5.41) is 3.01. The van der Waals surface area contributed by atoms with Crippen molar-refractivity contribution < 1.29 is 9.18 Å². The van der Waals surface area contributed by atoms with Gasteiger partial charge in [-0.1, -0.05) is 25.1 Å². The third-order valence-corrected chi connectivity index (χ3v) is 4.63. The quantitative estimate of drug-likeness (QED) is 0.884. The first-order chi connectivity index (χ1) is 10.9. The van der Waals surface area contributed by atoms with Crippen LogP contribution in [-0.4, -0.2) is 16.5 Å². The molecule has 1 amide bonds. The van der Waals surface area contributed by atoms with Gasteiger partial charge in [0.15, 0.2) is 0 Å². The molecule has 124 valence electrons. The van der Waals surface area contributed by atoms with Crippen molar-refractivity contribution in [3.8, 4) is 0 Å². The van der Waals surface area contributed by atoms with Crippen LogP contribution < -0.4 is 5.32 Å². The summed E-state index contributed by atoms with van der Waals surface area (Å²) < 4.78 is 15.9. The van der Waals surface area contributed by atoms with Crippen LogP contribution in [0, 0.1) is 26.6 Å². The molecule has 0 aliphatic rings. The van der Waals surface area contributed by atoms with Gasteiger partial charge in [0, 0.05) is 17.3 Å². The molecule has 0 saturated carbocycles. The van der Waals surface area contributed by atoms with Crippen molar-refractivity contribution in [2.45, 2.75) is 53.6 Å². The fourth-order valence-electron chi connectivity index (χ4n) is 2.70. The molecule has 0 saturated heterocycles. The Morgan fingerprint density at radius 3 is 2.48 bits per heavy atom. The smallest absolute Gasteiger partial charge is 0.268 e. The zero-order valence-corrected chi connectivity index (χ0v) is 14.5. The van der Waals surface area contributed by atoms with E-state index in [-0.39, 0.29) is 17.8 Å². The van der Waals surface area contributed by atoms with E-state index < -0.39 is 0 Å². The Hall–Kier alpha value is -2.10. The van der Waals surface area contributed by atoms with Crippen molar-refractivity contribution >= 4 is 5.91 Å². The summed E-state index contributed by atoms with van der Waals surface area (Å²) in [6.45, 7) is 10.3. The minimum atomic E-state index is -0.246. The number of hydrogen-bond donors (Lipinski definition) is 1. The maximum Gasteiger partial charge on any atom is 0.268 e. The van der Waals surface area contributed by atoms with Gasteiger partial charge in [0.1, 0.15) is 11.5 Å². The number of amides is 1. The molecule has 1 aromatic carbocycles. The molecule has 23 heavy (non-hydrogen) atoms. The van der Waals surface area contributed by atoms with Crippen LogP contribution in [-0.2, 0) is 6.54 Å². The van der Waals surface area contributed by atoms with Gasteiger partial charge in [-0.05, 0) is 51.3 Å². The second kappa shape index (κ2) is 6.99. The lowest BCUT2D eigenvalue weighted by Gasteiger charge is -2.16. The number of aromatic nitrogens is 1. The molecule has 0 aliphatic heterocycles. The average molecular weight is 316 g/mol. The van der Waals surface area contributed by atoms with Gasteiger partial charge in [-0.25, -0.2) is 4.39 Å².